The van der Waals surface area contributed by atoms with Gasteiger partial charge in [0.1, 0.15) is 6.04 Å². The second-order valence-corrected chi connectivity index (χ2v) is 6.28. The van der Waals surface area contributed by atoms with E-state index in [9.17, 15) is 23.2 Å². The molecule has 1 N–H and O–H groups in total. The molecule has 0 radical (unpaired) electrons. The van der Waals surface area contributed by atoms with Crippen LogP contribution in [0.1, 0.15) is 12.8 Å². The Bertz CT molecular complexity index is 900. The molecule has 9 heteroatoms. The first-order valence-electron chi connectivity index (χ1n) is 7.69. The number of fused-ring (bicyclic) bond motifs is 3. The summed E-state index contributed by atoms with van der Waals surface area (Å²) in [6.45, 7) is 0. The van der Waals surface area contributed by atoms with Gasteiger partial charge < -0.3 is 9.64 Å². The van der Waals surface area contributed by atoms with Crippen LogP contribution in [0.4, 0.5) is 8.78 Å². The normalized spacial score (nSPS) is 33.3. The molecular weight excluding hydrogens is 338 g/mol. The average Bonchev–Trinajstić information content (AvgIpc) is 2.96. The third-order valence-corrected chi connectivity index (χ3v) is 4.95. The van der Waals surface area contributed by atoms with Gasteiger partial charge in [0.25, 0.3) is 11.7 Å². The zero-order valence-electron chi connectivity index (χ0n) is 12.5. The molecule has 1 amide bonds. The Balaban J connectivity index is 1.76. The van der Waals surface area contributed by atoms with Crippen LogP contribution in [-0.4, -0.2) is 34.6 Å². The van der Waals surface area contributed by atoms with Crippen molar-refractivity contribution in [2.75, 3.05) is 0 Å². The molecule has 0 spiro atoms. The second kappa shape index (κ2) is 4.63. The van der Waals surface area contributed by atoms with E-state index in [-0.39, 0.29) is 29.9 Å². The van der Waals surface area contributed by atoms with E-state index in [1.165, 1.54) is 6.08 Å². The van der Waals surface area contributed by atoms with Gasteiger partial charge in [-0.15, -0.1) is 0 Å². The summed E-state index contributed by atoms with van der Waals surface area (Å²) in [4.78, 5) is 42.7. The van der Waals surface area contributed by atoms with Crippen molar-refractivity contribution in [1.82, 2.24) is 10.4 Å². The van der Waals surface area contributed by atoms with Crippen molar-refractivity contribution in [3.05, 3.63) is 46.6 Å². The molecule has 3 atom stereocenters. The van der Waals surface area contributed by atoms with Gasteiger partial charge in [-0.3, -0.25) is 14.4 Å². The van der Waals surface area contributed by atoms with Crippen molar-refractivity contribution in [2.24, 2.45) is 5.92 Å². The number of halogens is 2. The third kappa shape index (κ3) is 1.73. The number of hydrogen-bond donors (Lipinski definition) is 1. The molecule has 0 saturated carbocycles. The second-order valence-electron chi connectivity index (χ2n) is 6.28. The smallest absolute Gasteiger partial charge is 0.275 e. The standard InChI is InChI=1S/C16H10F2N2O5/c17-7-4-5-3-6-15(23)19-25-16(6)20-8-1-2-9(21)12(22)13(8)24-14(10(7)18)11(5)20/h3-5,11,16H,1-2H2,(H,19,23). The van der Waals surface area contributed by atoms with E-state index in [4.69, 9.17) is 9.57 Å². The molecule has 128 valence electrons. The van der Waals surface area contributed by atoms with Crippen LogP contribution < -0.4 is 5.48 Å². The molecule has 3 unspecified atom stereocenters. The first kappa shape index (κ1) is 14.5. The molecule has 3 aliphatic heterocycles. The number of carbonyl (C=O) groups is 3. The molecule has 3 heterocycles. The average molecular weight is 348 g/mol. The van der Waals surface area contributed by atoms with Crippen LogP contribution in [0.3, 0.4) is 0 Å². The van der Waals surface area contributed by atoms with Gasteiger partial charge in [-0.2, -0.15) is 4.39 Å². The highest BCUT2D eigenvalue weighted by Crippen LogP contribution is 2.48. The maximum Gasteiger partial charge on any atom is 0.275 e. The Kier molecular flexibility index (Phi) is 2.69. The van der Waals surface area contributed by atoms with Gasteiger partial charge in [-0.25, -0.2) is 14.7 Å². The molecule has 0 aromatic heterocycles. The molecule has 0 aromatic carbocycles. The van der Waals surface area contributed by atoms with Crippen molar-refractivity contribution in [1.29, 1.82) is 0 Å². The van der Waals surface area contributed by atoms with Crippen molar-refractivity contribution < 1.29 is 32.7 Å². The quantitative estimate of drug-likeness (QED) is 0.653. The summed E-state index contributed by atoms with van der Waals surface area (Å²) in [6.07, 6.45) is 1.83. The number of Topliss-reactive ketones (excluding diaryl/α,β-unsaturated/α-hetero) is 2. The maximum atomic E-state index is 14.3. The lowest BCUT2D eigenvalue weighted by Gasteiger charge is -2.49. The maximum absolute atomic E-state index is 14.3. The highest BCUT2D eigenvalue weighted by atomic mass is 19.2. The van der Waals surface area contributed by atoms with Gasteiger partial charge >= 0.3 is 0 Å². The molecule has 5 aliphatic rings. The number of ether oxygens (including phenoxy) is 1. The van der Waals surface area contributed by atoms with E-state index in [0.717, 1.165) is 6.08 Å². The van der Waals surface area contributed by atoms with Crippen LogP contribution in [0.15, 0.2) is 46.6 Å². The van der Waals surface area contributed by atoms with E-state index >= 15 is 0 Å². The van der Waals surface area contributed by atoms with Crippen LogP contribution in [0, 0.1) is 5.92 Å². The summed E-state index contributed by atoms with van der Waals surface area (Å²) < 4.78 is 33.7. The zero-order valence-corrected chi connectivity index (χ0v) is 12.5. The van der Waals surface area contributed by atoms with Crippen molar-refractivity contribution >= 4 is 17.5 Å². The van der Waals surface area contributed by atoms with Crippen LogP contribution >= 0.6 is 0 Å². The molecule has 0 aromatic rings. The molecule has 2 aliphatic carbocycles. The lowest BCUT2D eigenvalue weighted by Crippen LogP contribution is -2.55. The lowest BCUT2D eigenvalue weighted by atomic mass is 9.82. The van der Waals surface area contributed by atoms with Gasteiger partial charge in [-0.05, 0) is 12.5 Å². The number of nitrogens with one attached hydrogen (secondary N) is 1. The Labute approximate surface area is 139 Å². The summed E-state index contributed by atoms with van der Waals surface area (Å²) in [6, 6.07) is -0.791. The van der Waals surface area contributed by atoms with Crippen molar-refractivity contribution in [3.63, 3.8) is 0 Å². The topological polar surface area (TPSA) is 84.9 Å². The number of ketones is 2. The van der Waals surface area contributed by atoms with Crippen LogP contribution in [0.5, 0.6) is 0 Å². The summed E-state index contributed by atoms with van der Waals surface area (Å²) in [5.74, 6) is -5.77. The third-order valence-electron chi connectivity index (χ3n) is 4.95. The van der Waals surface area contributed by atoms with Crippen LogP contribution in [-0.2, 0) is 24.0 Å². The van der Waals surface area contributed by atoms with Crippen molar-refractivity contribution in [2.45, 2.75) is 25.1 Å². The summed E-state index contributed by atoms with van der Waals surface area (Å²) >= 11 is 0. The minimum Gasteiger partial charge on any atom is -0.450 e. The molecule has 7 nitrogen and oxygen atoms in total. The lowest BCUT2D eigenvalue weighted by molar-refractivity contribution is -0.139. The first-order valence-corrected chi connectivity index (χ1v) is 7.69. The molecule has 0 bridgehead atoms. The minimum absolute atomic E-state index is 0.0201. The van der Waals surface area contributed by atoms with Crippen molar-refractivity contribution in [3.8, 4) is 0 Å². The predicted octanol–water partition coefficient (Wildman–Crippen LogP) is 0.823. The number of hydroxylamine groups is 1. The van der Waals surface area contributed by atoms with Gasteiger partial charge in [0.2, 0.25) is 5.78 Å². The predicted molar refractivity (Wildman–Crippen MR) is 74.9 cm³/mol. The van der Waals surface area contributed by atoms with Crippen LogP contribution in [0.2, 0.25) is 0 Å². The fraction of sp³-hybridized carbons (Fsp3) is 0.312. The minimum atomic E-state index is -1.22. The zero-order chi connectivity index (χ0) is 17.5. The van der Waals surface area contributed by atoms with Gasteiger partial charge in [0.15, 0.2) is 29.4 Å². The fourth-order valence-corrected chi connectivity index (χ4v) is 3.86. The van der Waals surface area contributed by atoms with E-state index in [0.29, 0.717) is 5.70 Å². The van der Waals surface area contributed by atoms with Crippen LogP contribution in [0.25, 0.3) is 0 Å². The SMILES string of the molecule is O=C1CCC2=C(OC3=C(F)C(F)=CC4C=C5C(=O)NOC5N2C34)C1=O. The molecule has 1 fully saturated rings. The Hall–Kier alpha value is -2.81. The fourth-order valence-electron chi connectivity index (χ4n) is 3.86. The molecule has 5 rings (SSSR count). The number of carbonyl (C=O) groups excluding carboxylic acids is 3. The first-order chi connectivity index (χ1) is 12.0. The molecular formula is C16H10F2N2O5. The number of allylic oxidation sites excluding steroid dienone is 4. The molecule has 25 heavy (non-hydrogen) atoms. The van der Waals surface area contributed by atoms with E-state index in [1.54, 1.807) is 4.90 Å². The Morgan fingerprint density at radius 3 is 2.76 bits per heavy atom. The van der Waals surface area contributed by atoms with E-state index < -0.39 is 47.3 Å². The summed E-state index contributed by atoms with van der Waals surface area (Å²) in [5, 5.41) is 0. The summed E-state index contributed by atoms with van der Waals surface area (Å²) in [7, 11) is 0. The Morgan fingerprint density at radius 2 is 1.96 bits per heavy atom. The van der Waals surface area contributed by atoms with E-state index in [1.807, 2.05) is 0 Å². The van der Waals surface area contributed by atoms with Gasteiger partial charge in [0.05, 0.1) is 11.3 Å². The monoisotopic (exact) mass is 348 g/mol. The number of hydrogen-bond acceptors (Lipinski definition) is 6. The molecule has 1 saturated heterocycles. The number of amides is 1. The Morgan fingerprint density at radius 1 is 1.16 bits per heavy atom. The van der Waals surface area contributed by atoms with E-state index in [2.05, 4.69) is 5.48 Å². The van der Waals surface area contributed by atoms with Gasteiger partial charge in [0, 0.05) is 12.3 Å². The highest BCUT2D eigenvalue weighted by molar-refractivity contribution is 6.43. The highest BCUT2D eigenvalue weighted by Gasteiger charge is 2.54. The van der Waals surface area contributed by atoms with Gasteiger partial charge in [-0.1, -0.05) is 6.08 Å². The number of rotatable bonds is 0. The largest absolute Gasteiger partial charge is 0.450 e. The number of nitrogens with zero attached hydrogens (tertiary/aromatic N) is 1. The summed E-state index contributed by atoms with van der Waals surface area (Å²) in [5.41, 5.74) is 2.82.